The highest BCUT2D eigenvalue weighted by molar-refractivity contribution is 7.84. The van der Waals surface area contributed by atoms with Crippen LogP contribution in [0.2, 0.25) is 0 Å². The topological polar surface area (TPSA) is 51.5 Å². The van der Waals surface area contributed by atoms with Crippen molar-refractivity contribution in [2.24, 2.45) is 4.74 Å². The summed E-state index contributed by atoms with van der Waals surface area (Å²) < 4.78 is 10.9. The van der Waals surface area contributed by atoms with Crippen molar-refractivity contribution in [2.75, 3.05) is 6.61 Å². The zero-order valence-corrected chi connectivity index (χ0v) is 25.2. The molecule has 1 heterocycles. The number of pyridine rings is 1. The summed E-state index contributed by atoms with van der Waals surface area (Å²) in [6, 6.07) is 45.4. The van der Waals surface area contributed by atoms with E-state index in [0.29, 0.717) is 0 Å². The van der Waals surface area contributed by atoms with Crippen LogP contribution >= 0.6 is 15.0 Å². The highest BCUT2D eigenvalue weighted by Gasteiger charge is 2.26. The van der Waals surface area contributed by atoms with E-state index < -0.39 is 20.9 Å². The van der Waals surface area contributed by atoms with E-state index in [9.17, 15) is 4.79 Å². The van der Waals surface area contributed by atoms with Crippen LogP contribution in [0.1, 0.15) is 12.5 Å². The van der Waals surface area contributed by atoms with Crippen molar-refractivity contribution < 1.29 is 9.53 Å². The number of aromatic nitrogens is 1. The van der Waals surface area contributed by atoms with Gasteiger partial charge in [0, 0.05) is 23.0 Å². The Morgan fingerprint density at radius 3 is 1.76 bits per heavy atom. The third-order valence-corrected chi connectivity index (χ3v) is 12.2. The lowest BCUT2D eigenvalue weighted by Crippen LogP contribution is -2.17. The van der Waals surface area contributed by atoms with Crippen LogP contribution < -0.4 is 21.2 Å². The minimum absolute atomic E-state index is 0.254. The third kappa shape index (κ3) is 7.09. The summed E-state index contributed by atoms with van der Waals surface area (Å²) >= 11 is 0. The van der Waals surface area contributed by atoms with E-state index in [1.165, 1.54) is 10.6 Å². The fraction of sp³-hybridized carbons (Fsp3) is 0.0556. The van der Waals surface area contributed by atoms with Gasteiger partial charge in [0.05, 0.1) is 13.7 Å². The van der Waals surface area contributed by atoms with E-state index in [4.69, 9.17) is 9.48 Å². The van der Waals surface area contributed by atoms with Crippen LogP contribution in [0.4, 0.5) is 0 Å². The lowest BCUT2D eigenvalue weighted by Gasteiger charge is -2.24. The average Bonchev–Trinajstić information content (AvgIpc) is 3.06. The van der Waals surface area contributed by atoms with E-state index in [-0.39, 0.29) is 12.3 Å². The molecule has 208 valence electrons. The van der Waals surface area contributed by atoms with Crippen LogP contribution in [-0.4, -0.2) is 17.6 Å². The third-order valence-electron chi connectivity index (χ3n) is 6.54. The summed E-state index contributed by atoms with van der Waals surface area (Å²) in [5.74, 6) is 4.11. The molecule has 4 nitrogen and oxygen atoms in total. The Morgan fingerprint density at radius 2 is 1.29 bits per heavy atom. The number of benzene rings is 4. The molecule has 0 N–H and O–H groups in total. The van der Waals surface area contributed by atoms with Crippen molar-refractivity contribution in [3.05, 3.63) is 169 Å². The maximum Gasteiger partial charge on any atom is 0.356 e. The Balaban J connectivity index is 1.81. The number of carbonyl (C=O) groups is 1. The molecule has 0 saturated carbocycles. The molecule has 5 rings (SSSR count). The van der Waals surface area contributed by atoms with Crippen LogP contribution in [0, 0.1) is 0 Å². The monoisotopic (exact) mass is 586 g/mol. The van der Waals surface area contributed by atoms with Crippen LogP contribution in [0.15, 0.2) is 168 Å². The number of nitrogens with zero attached hydrogens (tertiary/aromatic N) is 2. The second-order valence-corrected chi connectivity index (χ2v) is 14.3. The molecule has 0 fully saturated rings. The largest absolute Gasteiger partial charge is 0.461 e. The average molecular weight is 587 g/mol. The first kappa shape index (κ1) is 29.1. The molecular formula is C36H32N2O2P2. The Kier molecular flexibility index (Phi) is 10.1. The molecule has 0 bridgehead atoms. The van der Waals surface area contributed by atoms with Gasteiger partial charge in [-0.05, 0) is 54.8 Å². The Bertz CT molecular complexity index is 1610. The lowest BCUT2D eigenvalue weighted by atomic mass is 10.2. The first-order valence-corrected chi connectivity index (χ1v) is 17.0. The van der Waals surface area contributed by atoms with Gasteiger partial charge in [-0.3, -0.25) is 4.98 Å². The fourth-order valence-electron chi connectivity index (χ4n) is 4.56. The molecule has 0 aliphatic carbocycles. The predicted octanol–water partition coefficient (Wildman–Crippen LogP) is 7.44. The van der Waals surface area contributed by atoms with Crippen LogP contribution in [-0.2, 0) is 9.53 Å². The Morgan fingerprint density at radius 1 is 0.762 bits per heavy atom. The second-order valence-electron chi connectivity index (χ2n) is 9.33. The van der Waals surface area contributed by atoms with E-state index in [1.807, 2.05) is 67.6 Å². The molecule has 0 aliphatic heterocycles. The summed E-state index contributed by atoms with van der Waals surface area (Å²) in [6.07, 6.45) is 5.21. The van der Waals surface area contributed by atoms with Crippen molar-refractivity contribution in [3.8, 4) is 0 Å². The zero-order chi connectivity index (χ0) is 29.0. The fourth-order valence-corrected chi connectivity index (χ4v) is 10.2. The van der Waals surface area contributed by atoms with Gasteiger partial charge in [0.25, 0.3) is 0 Å². The summed E-state index contributed by atoms with van der Waals surface area (Å²) in [4.78, 5) is 17.7. The van der Waals surface area contributed by atoms with E-state index in [2.05, 4.69) is 89.4 Å². The van der Waals surface area contributed by atoms with E-state index in [1.54, 1.807) is 18.5 Å². The number of ether oxygens (including phenoxy) is 1. The lowest BCUT2D eigenvalue weighted by molar-refractivity contribution is -0.138. The Hall–Kier alpha value is -4.36. The van der Waals surface area contributed by atoms with Gasteiger partial charge in [-0.25, -0.2) is 9.54 Å². The van der Waals surface area contributed by atoms with Gasteiger partial charge in [-0.1, -0.05) is 127 Å². The highest BCUT2D eigenvalue weighted by Crippen LogP contribution is 2.53. The summed E-state index contributed by atoms with van der Waals surface area (Å²) in [5, 5.41) is 4.58. The SMILES string of the molecule is CCOC(=O)/C(=C\c1cccnc1)N=P(C=CP(c1ccccc1)c1ccccc1)(c1ccccc1)c1ccccc1. The standard InChI is InChI=1S/C36H32N2O2P2/c1-2-40-36(39)35(28-30-16-15-25-37-29-30)38-42(33-21-11-5-12-22-33,34-23-13-6-14-24-34)27-26-41(31-17-7-3-8-18-31)32-19-9-4-10-20-32/h3-29H,2H2,1H3/b27-26?,35-28+. The van der Waals surface area contributed by atoms with Crippen LogP contribution in [0.3, 0.4) is 0 Å². The maximum atomic E-state index is 13.5. The van der Waals surface area contributed by atoms with Crippen LogP contribution in [0.5, 0.6) is 0 Å². The minimum Gasteiger partial charge on any atom is -0.461 e. The molecule has 42 heavy (non-hydrogen) atoms. The number of rotatable bonds is 10. The smallest absolute Gasteiger partial charge is 0.356 e. The van der Waals surface area contributed by atoms with Gasteiger partial charge in [0.15, 0.2) is 0 Å². The molecule has 0 unspecified atom stereocenters. The van der Waals surface area contributed by atoms with Gasteiger partial charge in [0.1, 0.15) is 5.70 Å². The van der Waals surface area contributed by atoms with Crippen molar-refractivity contribution in [2.45, 2.75) is 6.92 Å². The first-order chi connectivity index (χ1) is 20.7. The number of carbonyl (C=O) groups excluding carboxylic acids is 1. The van der Waals surface area contributed by atoms with Gasteiger partial charge in [-0.15, -0.1) is 0 Å². The van der Waals surface area contributed by atoms with Crippen molar-refractivity contribution in [1.82, 2.24) is 4.98 Å². The maximum absolute atomic E-state index is 13.5. The number of esters is 1. The van der Waals surface area contributed by atoms with Crippen molar-refractivity contribution in [3.63, 3.8) is 0 Å². The van der Waals surface area contributed by atoms with Crippen LogP contribution in [0.25, 0.3) is 6.08 Å². The van der Waals surface area contributed by atoms with Gasteiger partial charge in [-0.2, -0.15) is 0 Å². The molecule has 0 spiro atoms. The molecule has 0 atom stereocenters. The van der Waals surface area contributed by atoms with E-state index in [0.717, 1.165) is 16.2 Å². The predicted molar refractivity (Wildman–Crippen MR) is 179 cm³/mol. The summed E-state index contributed by atoms with van der Waals surface area (Å²) in [5.41, 5.74) is 1.04. The molecule has 1 aromatic heterocycles. The molecule has 5 aromatic rings. The van der Waals surface area contributed by atoms with Gasteiger partial charge < -0.3 is 4.74 Å². The molecule has 0 amide bonds. The zero-order valence-electron chi connectivity index (χ0n) is 23.4. The van der Waals surface area contributed by atoms with Gasteiger partial charge in [0.2, 0.25) is 0 Å². The number of hydrogen-bond donors (Lipinski definition) is 0. The van der Waals surface area contributed by atoms with Crippen molar-refractivity contribution >= 4 is 48.2 Å². The van der Waals surface area contributed by atoms with E-state index >= 15 is 0 Å². The Labute approximate surface area is 249 Å². The molecule has 4 aromatic carbocycles. The first-order valence-electron chi connectivity index (χ1n) is 13.8. The quantitative estimate of drug-likeness (QED) is 0.0971. The number of hydrogen-bond acceptors (Lipinski definition) is 4. The molecule has 0 radical (unpaired) electrons. The molecule has 0 aliphatic rings. The van der Waals surface area contributed by atoms with Gasteiger partial charge >= 0.3 is 5.97 Å². The normalized spacial score (nSPS) is 11.9. The minimum atomic E-state index is -2.70. The molecular weight excluding hydrogens is 554 g/mol. The van der Waals surface area contributed by atoms with Crippen molar-refractivity contribution in [1.29, 1.82) is 0 Å². The summed E-state index contributed by atoms with van der Waals surface area (Å²) in [6.45, 7) is 2.06. The molecule has 0 saturated heterocycles. The molecule has 6 heteroatoms. The summed E-state index contributed by atoms with van der Waals surface area (Å²) in [7, 11) is -3.54. The second kappa shape index (κ2) is 14.5. The highest BCUT2D eigenvalue weighted by atomic mass is 31.2.